The predicted molar refractivity (Wildman–Crippen MR) is 133 cm³/mol. The van der Waals surface area contributed by atoms with Gasteiger partial charge in [0.2, 0.25) is 5.16 Å². The topological polar surface area (TPSA) is 88.5 Å². The molecule has 2 aromatic heterocycles. The molecule has 5 rings (SSSR count). The number of halogens is 1. The summed E-state index contributed by atoms with van der Waals surface area (Å²) in [5.41, 5.74) is 1.53. The molecule has 1 amide bonds. The summed E-state index contributed by atoms with van der Waals surface area (Å²) in [5.74, 6) is -0.324. The molecule has 11 heteroatoms. The van der Waals surface area contributed by atoms with Crippen molar-refractivity contribution in [3.63, 3.8) is 0 Å². The lowest BCUT2D eigenvalue weighted by Gasteiger charge is -2.35. The van der Waals surface area contributed by atoms with Crippen molar-refractivity contribution in [2.45, 2.75) is 50.0 Å². The minimum absolute atomic E-state index is 0.0598. The van der Waals surface area contributed by atoms with Crippen LogP contribution in [-0.2, 0) is 15.5 Å². The summed E-state index contributed by atoms with van der Waals surface area (Å²) < 4.78 is 31.2. The Balaban J connectivity index is 1.47. The van der Waals surface area contributed by atoms with Crippen molar-refractivity contribution in [1.82, 2.24) is 19.9 Å². The maximum atomic E-state index is 13.6. The quantitative estimate of drug-likeness (QED) is 0.478. The van der Waals surface area contributed by atoms with E-state index < -0.39 is 16.4 Å². The highest BCUT2D eigenvalue weighted by atomic mass is 32.2. The van der Waals surface area contributed by atoms with Crippen LogP contribution >= 0.6 is 11.3 Å². The third-order valence-electron chi connectivity index (χ3n) is 5.97. The van der Waals surface area contributed by atoms with E-state index in [1.165, 1.54) is 29.7 Å². The Bertz CT molecular complexity index is 1290. The molecule has 184 valence electrons. The zero-order valence-corrected chi connectivity index (χ0v) is 21.5. The highest BCUT2D eigenvalue weighted by Crippen LogP contribution is 2.43. The molecule has 4 heterocycles. The van der Waals surface area contributed by atoms with Crippen molar-refractivity contribution in [3.8, 4) is 21.8 Å². The summed E-state index contributed by atoms with van der Waals surface area (Å²) in [6.45, 7) is 6.84. The van der Waals surface area contributed by atoms with Gasteiger partial charge in [-0.15, -0.1) is 0 Å². The van der Waals surface area contributed by atoms with Gasteiger partial charge in [-0.05, 0) is 57.5 Å². The molecule has 3 atom stereocenters. The summed E-state index contributed by atoms with van der Waals surface area (Å²) in [6, 6.07) is 8.15. The number of likely N-dealkylation sites (tertiary alicyclic amines) is 1. The number of benzene rings is 1. The highest BCUT2D eigenvalue weighted by molar-refractivity contribution is 7.84. The number of rotatable bonds is 4. The second-order valence-electron chi connectivity index (χ2n) is 9.69. The fourth-order valence-electron chi connectivity index (χ4n) is 4.46. The van der Waals surface area contributed by atoms with Gasteiger partial charge in [0.05, 0.1) is 39.1 Å². The van der Waals surface area contributed by atoms with Gasteiger partial charge in [0.15, 0.2) is 5.13 Å². The Morgan fingerprint density at radius 3 is 2.51 bits per heavy atom. The standard InChI is InChI=1S/C24H26FN5O3S2/c1-24(2,3)33-23(31)30-13-16-11-17(30)12-29(16)22-28-19(14-5-7-15(25)8-6-14)20(34-22)18-9-10-26-21(27-18)35(4)32/h5-10,16-17H,11-13H2,1-4H3. The zero-order valence-electron chi connectivity index (χ0n) is 19.9. The number of anilines is 1. The van der Waals surface area contributed by atoms with Crippen LogP contribution in [0.4, 0.5) is 14.3 Å². The van der Waals surface area contributed by atoms with Gasteiger partial charge in [-0.3, -0.25) is 4.21 Å². The Morgan fingerprint density at radius 2 is 1.89 bits per heavy atom. The molecule has 2 aliphatic rings. The maximum absolute atomic E-state index is 13.6. The number of carbonyl (C=O) groups is 1. The van der Waals surface area contributed by atoms with Crippen molar-refractivity contribution in [2.24, 2.45) is 0 Å². The number of amides is 1. The molecule has 35 heavy (non-hydrogen) atoms. The summed E-state index contributed by atoms with van der Waals surface area (Å²) in [6.07, 6.45) is 3.70. The van der Waals surface area contributed by atoms with Crippen LogP contribution in [0.3, 0.4) is 0 Å². The Kier molecular flexibility index (Phi) is 6.08. The number of thiazole rings is 1. The van der Waals surface area contributed by atoms with Gasteiger partial charge in [0.1, 0.15) is 11.4 Å². The summed E-state index contributed by atoms with van der Waals surface area (Å²) in [5, 5.41) is 1.06. The first-order valence-corrected chi connectivity index (χ1v) is 13.7. The maximum Gasteiger partial charge on any atom is 0.410 e. The zero-order chi connectivity index (χ0) is 24.9. The van der Waals surface area contributed by atoms with Crippen LogP contribution in [0, 0.1) is 5.82 Å². The molecule has 0 radical (unpaired) electrons. The molecule has 2 saturated heterocycles. The fourth-order valence-corrected chi connectivity index (χ4v) is 6.03. The van der Waals surface area contributed by atoms with E-state index in [1.54, 1.807) is 24.4 Å². The molecule has 1 aromatic carbocycles. The summed E-state index contributed by atoms with van der Waals surface area (Å²) in [7, 11) is -1.33. The van der Waals surface area contributed by atoms with Crippen LogP contribution in [0.15, 0.2) is 41.7 Å². The van der Waals surface area contributed by atoms with E-state index in [9.17, 15) is 13.4 Å². The second-order valence-corrected chi connectivity index (χ2v) is 11.9. The molecule has 0 spiro atoms. The number of ether oxygens (including phenoxy) is 1. The lowest BCUT2D eigenvalue weighted by atomic mass is 10.1. The number of aromatic nitrogens is 3. The van der Waals surface area contributed by atoms with Crippen LogP contribution in [-0.4, -0.2) is 67.2 Å². The van der Waals surface area contributed by atoms with E-state index in [1.807, 2.05) is 25.7 Å². The number of hydrogen-bond donors (Lipinski definition) is 0. The van der Waals surface area contributed by atoms with Crippen LogP contribution in [0.2, 0.25) is 0 Å². The smallest absolute Gasteiger partial charge is 0.410 e. The number of nitrogens with zero attached hydrogens (tertiary/aromatic N) is 5. The van der Waals surface area contributed by atoms with Crippen LogP contribution in [0.1, 0.15) is 27.2 Å². The van der Waals surface area contributed by atoms with Crippen LogP contribution < -0.4 is 4.90 Å². The van der Waals surface area contributed by atoms with Gasteiger partial charge in [-0.2, -0.15) is 0 Å². The Labute approximate surface area is 209 Å². The van der Waals surface area contributed by atoms with Crippen molar-refractivity contribution in [3.05, 3.63) is 42.3 Å². The Hall–Kier alpha value is -2.92. The normalized spacial score (nSPS) is 20.4. The first-order valence-electron chi connectivity index (χ1n) is 11.3. The number of carbonyl (C=O) groups excluding carboxylic acids is 1. The predicted octanol–water partition coefficient (Wildman–Crippen LogP) is 4.34. The lowest BCUT2D eigenvalue weighted by molar-refractivity contribution is 0.0214. The van der Waals surface area contributed by atoms with Gasteiger partial charge in [-0.25, -0.2) is 24.1 Å². The second kappa shape index (κ2) is 8.94. The summed E-state index contributed by atoms with van der Waals surface area (Å²) >= 11 is 1.49. The van der Waals surface area contributed by atoms with Crippen molar-refractivity contribution in [1.29, 1.82) is 0 Å². The average Bonchev–Trinajstić information content (AvgIpc) is 3.52. The third-order valence-corrected chi connectivity index (χ3v) is 7.80. The van der Waals surface area contributed by atoms with Gasteiger partial charge < -0.3 is 14.5 Å². The van der Waals surface area contributed by atoms with E-state index in [4.69, 9.17) is 9.72 Å². The van der Waals surface area contributed by atoms with E-state index in [-0.39, 0.29) is 29.2 Å². The molecule has 2 aliphatic heterocycles. The fraction of sp³-hybridized carbons (Fsp3) is 0.417. The largest absolute Gasteiger partial charge is 0.444 e. The van der Waals surface area contributed by atoms with Crippen LogP contribution in [0.5, 0.6) is 0 Å². The van der Waals surface area contributed by atoms with E-state index in [2.05, 4.69) is 14.9 Å². The van der Waals surface area contributed by atoms with E-state index in [0.717, 1.165) is 22.0 Å². The van der Waals surface area contributed by atoms with E-state index >= 15 is 0 Å². The van der Waals surface area contributed by atoms with Crippen molar-refractivity contribution < 1.29 is 18.1 Å². The molecule has 0 aliphatic carbocycles. The SMILES string of the molecule is CS(=O)c1nccc(-c2sc(N3CC4CC3CN4C(=O)OC(C)(C)C)nc2-c2ccc(F)cc2)n1. The Morgan fingerprint density at radius 1 is 1.14 bits per heavy atom. The summed E-state index contributed by atoms with van der Waals surface area (Å²) in [4.78, 5) is 31.0. The number of piperazine rings is 1. The van der Waals surface area contributed by atoms with Crippen LogP contribution in [0.25, 0.3) is 21.8 Å². The molecule has 0 saturated carbocycles. The molecule has 8 nitrogen and oxygen atoms in total. The van der Waals surface area contributed by atoms with E-state index in [0.29, 0.717) is 24.5 Å². The molecule has 2 fully saturated rings. The molecule has 3 aromatic rings. The third kappa shape index (κ3) is 4.79. The monoisotopic (exact) mass is 515 g/mol. The number of hydrogen-bond acceptors (Lipinski definition) is 8. The van der Waals surface area contributed by atoms with Gasteiger partial charge in [0.25, 0.3) is 0 Å². The minimum Gasteiger partial charge on any atom is -0.444 e. The van der Waals surface area contributed by atoms with Gasteiger partial charge >= 0.3 is 6.09 Å². The molecule has 0 N–H and O–H groups in total. The van der Waals surface area contributed by atoms with Crippen molar-refractivity contribution in [2.75, 3.05) is 24.2 Å². The van der Waals surface area contributed by atoms with Crippen molar-refractivity contribution >= 4 is 33.4 Å². The molecule has 2 bridgehead atoms. The molecule has 3 unspecified atom stereocenters. The first kappa shape index (κ1) is 23.8. The van der Waals surface area contributed by atoms with Gasteiger partial charge in [0, 0.05) is 31.1 Å². The molecular formula is C24H26FN5O3S2. The van der Waals surface area contributed by atoms with Gasteiger partial charge in [-0.1, -0.05) is 11.3 Å². The first-order chi connectivity index (χ1) is 16.6. The number of fused-ring (bicyclic) bond motifs is 2. The minimum atomic E-state index is -1.33. The lowest BCUT2D eigenvalue weighted by Crippen LogP contribution is -2.50. The average molecular weight is 516 g/mol. The highest BCUT2D eigenvalue weighted by Gasteiger charge is 2.47. The molecular weight excluding hydrogens is 489 g/mol.